The van der Waals surface area contributed by atoms with E-state index in [4.69, 9.17) is 9.47 Å². The molecule has 10 nitrogen and oxygen atoms in total. The Morgan fingerprint density at radius 1 is 1.00 bits per heavy atom. The maximum absolute atomic E-state index is 13.5. The van der Waals surface area contributed by atoms with Crippen molar-refractivity contribution in [3.8, 4) is 22.8 Å². The van der Waals surface area contributed by atoms with E-state index >= 15 is 0 Å². The molecular formula is C35H37N3O7. The van der Waals surface area contributed by atoms with Crippen LogP contribution in [-0.4, -0.2) is 54.5 Å². The number of amides is 2. The summed E-state index contributed by atoms with van der Waals surface area (Å²) in [6, 6.07) is 17.2. The fraction of sp³-hybridized carbons (Fsp3) is 0.343. The maximum atomic E-state index is 13.5. The van der Waals surface area contributed by atoms with Gasteiger partial charge in [0.15, 0.2) is 0 Å². The van der Waals surface area contributed by atoms with E-state index in [1.165, 1.54) is 31.9 Å². The third-order valence-electron chi connectivity index (χ3n) is 8.82. The Hall–Kier alpha value is -4.99. The molecule has 6 rings (SSSR count). The predicted octanol–water partition coefficient (Wildman–Crippen LogP) is 6.36. The molecule has 0 saturated heterocycles. The smallest absolute Gasteiger partial charge is 0.411 e. The van der Waals surface area contributed by atoms with Crippen LogP contribution < -0.4 is 20.1 Å². The number of carbonyl (C=O) groups excluding carboxylic acids is 2. The van der Waals surface area contributed by atoms with Crippen molar-refractivity contribution in [1.82, 2.24) is 9.88 Å². The summed E-state index contributed by atoms with van der Waals surface area (Å²) in [6.07, 6.45) is 5.31. The zero-order chi connectivity index (χ0) is 31.5. The Labute approximate surface area is 261 Å². The van der Waals surface area contributed by atoms with E-state index in [0.717, 1.165) is 46.5 Å². The molecule has 3 N–H and O–H groups in total. The van der Waals surface area contributed by atoms with Gasteiger partial charge in [-0.2, -0.15) is 0 Å². The number of carbonyl (C=O) groups is 3. The second-order valence-electron chi connectivity index (χ2n) is 11.6. The molecule has 1 aliphatic heterocycles. The molecule has 1 aliphatic carbocycles. The monoisotopic (exact) mass is 611 g/mol. The summed E-state index contributed by atoms with van der Waals surface area (Å²) < 4.78 is 18.5. The first kappa shape index (κ1) is 30.1. The van der Waals surface area contributed by atoms with Gasteiger partial charge in [-0.05, 0) is 66.3 Å². The third kappa shape index (κ3) is 6.18. The van der Waals surface area contributed by atoms with E-state index in [1.807, 2.05) is 24.3 Å². The van der Waals surface area contributed by atoms with Crippen molar-refractivity contribution >= 4 is 34.6 Å². The normalized spacial score (nSPS) is 15.2. The van der Waals surface area contributed by atoms with Gasteiger partial charge in [0.25, 0.3) is 5.91 Å². The lowest BCUT2D eigenvalue weighted by Gasteiger charge is -2.23. The molecule has 0 bridgehead atoms. The van der Waals surface area contributed by atoms with Gasteiger partial charge in [0.2, 0.25) is 0 Å². The number of nitrogens with one attached hydrogen (secondary N) is 2. The molecule has 2 amide bonds. The number of ether oxygens (including phenoxy) is 3. The number of carboxylic acid groups (broad SMARTS) is 1. The lowest BCUT2D eigenvalue weighted by Crippen LogP contribution is -2.42. The number of anilines is 1. The van der Waals surface area contributed by atoms with Gasteiger partial charge in [-0.15, -0.1) is 0 Å². The molecular weight excluding hydrogens is 574 g/mol. The number of hydrogen-bond donors (Lipinski definition) is 3. The molecule has 4 aromatic rings. The van der Waals surface area contributed by atoms with E-state index in [-0.39, 0.29) is 6.42 Å². The molecule has 1 aromatic heterocycles. The fourth-order valence-electron chi connectivity index (χ4n) is 6.61. The number of aliphatic carboxylic acids is 1. The molecule has 1 saturated carbocycles. The largest absolute Gasteiger partial charge is 0.497 e. The van der Waals surface area contributed by atoms with Gasteiger partial charge in [0.05, 0.1) is 26.5 Å². The SMILES string of the molecule is COC(=O)Nc1ccc(C[C@H](NC(=O)c2ccc3c(C4CCCCC4)c4n(c3c2)CCOc2cc(OC)ccc2-4)C(=O)O)cc1. The van der Waals surface area contributed by atoms with E-state index < -0.39 is 24.0 Å². The molecule has 0 radical (unpaired) electrons. The Balaban J connectivity index is 1.32. The fourth-order valence-corrected chi connectivity index (χ4v) is 6.61. The van der Waals surface area contributed by atoms with Gasteiger partial charge in [-0.25, -0.2) is 9.59 Å². The van der Waals surface area contributed by atoms with Gasteiger partial charge in [-0.3, -0.25) is 10.1 Å². The summed E-state index contributed by atoms with van der Waals surface area (Å²) >= 11 is 0. The number of fused-ring (bicyclic) bond motifs is 5. The topological polar surface area (TPSA) is 128 Å². The number of benzene rings is 3. The molecule has 3 aromatic carbocycles. The Morgan fingerprint density at radius 2 is 1.78 bits per heavy atom. The van der Waals surface area contributed by atoms with Crippen LogP contribution in [0.2, 0.25) is 0 Å². The lowest BCUT2D eigenvalue weighted by molar-refractivity contribution is -0.139. The molecule has 1 fully saturated rings. The average molecular weight is 612 g/mol. The minimum Gasteiger partial charge on any atom is -0.497 e. The quantitative estimate of drug-likeness (QED) is 0.212. The zero-order valence-electron chi connectivity index (χ0n) is 25.4. The van der Waals surface area contributed by atoms with Crippen LogP contribution in [0, 0.1) is 0 Å². The number of hydrogen-bond acceptors (Lipinski definition) is 6. The van der Waals surface area contributed by atoms with E-state index in [2.05, 4.69) is 26.0 Å². The van der Waals surface area contributed by atoms with E-state index in [0.29, 0.717) is 35.9 Å². The van der Waals surface area contributed by atoms with Crippen LogP contribution in [0.3, 0.4) is 0 Å². The standard InChI is InChI=1S/C35H37N3O7/c1-43-25-13-15-27-30(20-25)45-17-16-38-29-19-23(10-14-26(29)31(32(27)38)22-6-4-3-5-7-22)33(39)37-28(34(40)41)18-21-8-11-24(12-9-21)36-35(42)44-2/h8-15,19-20,22,28H,3-7,16-18H2,1-2H3,(H,36,42)(H,37,39)(H,40,41)/t28-/m0/s1. The van der Waals surface area contributed by atoms with Crippen molar-refractivity contribution in [2.75, 3.05) is 26.1 Å². The summed E-state index contributed by atoms with van der Waals surface area (Å²) in [7, 11) is 2.92. The van der Waals surface area contributed by atoms with Gasteiger partial charge in [0, 0.05) is 40.2 Å². The van der Waals surface area contributed by atoms with Gasteiger partial charge in [0.1, 0.15) is 24.1 Å². The van der Waals surface area contributed by atoms with Crippen LogP contribution in [0.25, 0.3) is 22.2 Å². The first-order chi connectivity index (χ1) is 21.9. The second kappa shape index (κ2) is 12.9. The van der Waals surface area contributed by atoms with Crippen molar-refractivity contribution in [2.24, 2.45) is 0 Å². The molecule has 2 heterocycles. The Bertz CT molecular complexity index is 1740. The first-order valence-electron chi connectivity index (χ1n) is 15.3. The predicted molar refractivity (Wildman–Crippen MR) is 170 cm³/mol. The zero-order valence-corrected chi connectivity index (χ0v) is 25.4. The van der Waals surface area contributed by atoms with Crippen molar-refractivity contribution < 1.29 is 33.7 Å². The van der Waals surface area contributed by atoms with Crippen LogP contribution in [-0.2, 0) is 22.5 Å². The van der Waals surface area contributed by atoms with Crippen molar-refractivity contribution in [2.45, 2.75) is 57.0 Å². The van der Waals surface area contributed by atoms with Crippen molar-refractivity contribution in [3.05, 3.63) is 77.4 Å². The molecule has 10 heteroatoms. The summed E-state index contributed by atoms with van der Waals surface area (Å²) in [5.74, 6) is 0.318. The van der Waals surface area contributed by atoms with Crippen LogP contribution in [0.5, 0.6) is 11.5 Å². The number of carboxylic acids is 1. The van der Waals surface area contributed by atoms with Crippen LogP contribution in [0.1, 0.15) is 59.5 Å². The molecule has 234 valence electrons. The van der Waals surface area contributed by atoms with Gasteiger partial charge < -0.3 is 29.2 Å². The minimum absolute atomic E-state index is 0.0752. The minimum atomic E-state index is -1.15. The Morgan fingerprint density at radius 3 is 2.49 bits per heavy atom. The van der Waals surface area contributed by atoms with Crippen LogP contribution in [0.15, 0.2) is 60.7 Å². The van der Waals surface area contributed by atoms with Crippen LogP contribution in [0.4, 0.5) is 10.5 Å². The van der Waals surface area contributed by atoms with Gasteiger partial charge >= 0.3 is 12.1 Å². The molecule has 45 heavy (non-hydrogen) atoms. The second-order valence-corrected chi connectivity index (χ2v) is 11.6. The number of aromatic nitrogens is 1. The highest BCUT2D eigenvalue weighted by molar-refractivity contribution is 6.02. The molecule has 2 aliphatic rings. The van der Waals surface area contributed by atoms with Crippen molar-refractivity contribution in [1.29, 1.82) is 0 Å². The average Bonchev–Trinajstić information content (AvgIpc) is 3.26. The number of methoxy groups -OCH3 is 2. The number of rotatable bonds is 8. The first-order valence-corrected chi connectivity index (χ1v) is 15.3. The summed E-state index contributed by atoms with van der Waals surface area (Å²) in [6.45, 7) is 1.08. The van der Waals surface area contributed by atoms with E-state index in [1.54, 1.807) is 37.4 Å². The van der Waals surface area contributed by atoms with Gasteiger partial charge in [-0.1, -0.05) is 37.5 Å². The van der Waals surface area contributed by atoms with Crippen LogP contribution >= 0.6 is 0 Å². The van der Waals surface area contributed by atoms with Crippen molar-refractivity contribution in [3.63, 3.8) is 0 Å². The highest BCUT2D eigenvalue weighted by atomic mass is 16.5. The summed E-state index contributed by atoms with van der Waals surface area (Å²) in [5, 5.41) is 16.4. The Kier molecular flexibility index (Phi) is 8.64. The van der Waals surface area contributed by atoms with E-state index in [9.17, 15) is 19.5 Å². The number of nitrogens with zero attached hydrogens (tertiary/aromatic N) is 1. The maximum Gasteiger partial charge on any atom is 0.411 e. The third-order valence-corrected chi connectivity index (χ3v) is 8.82. The lowest BCUT2D eigenvalue weighted by atomic mass is 9.81. The molecule has 1 atom stereocenters. The summed E-state index contributed by atoms with van der Waals surface area (Å²) in [5.41, 5.74) is 5.96. The highest BCUT2D eigenvalue weighted by Crippen LogP contribution is 2.47. The highest BCUT2D eigenvalue weighted by Gasteiger charge is 2.30. The molecule has 0 unspecified atom stereocenters. The molecule has 0 spiro atoms. The summed E-state index contributed by atoms with van der Waals surface area (Å²) in [4.78, 5) is 37.2.